The van der Waals surface area contributed by atoms with Crippen LogP contribution in [0, 0.1) is 0 Å². The summed E-state index contributed by atoms with van der Waals surface area (Å²) in [5, 5.41) is 10.2. The number of nitrogens with zero attached hydrogens (tertiary/aromatic N) is 1. The van der Waals surface area contributed by atoms with Crippen molar-refractivity contribution in [3.05, 3.63) is 158 Å². The van der Waals surface area contributed by atoms with Gasteiger partial charge in [-0.15, -0.1) is 0 Å². The van der Waals surface area contributed by atoms with Gasteiger partial charge < -0.3 is 4.57 Å². The predicted octanol–water partition coefficient (Wildman–Crippen LogP) is 9.00. The maximum atomic E-state index is 15.7. The van der Waals surface area contributed by atoms with E-state index in [0.29, 0.717) is 0 Å². The van der Waals surface area contributed by atoms with E-state index in [-0.39, 0.29) is 0 Å². The van der Waals surface area contributed by atoms with Gasteiger partial charge in [-0.2, -0.15) is 0 Å². The first-order chi connectivity index (χ1) is 20.7. The number of hydrogen-bond acceptors (Lipinski definition) is 2. The van der Waals surface area contributed by atoms with E-state index in [1.54, 1.807) is 0 Å². The van der Waals surface area contributed by atoms with Gasteiger partial charge in [0.1, 0.15) is 0 Å². The third-order valence-corrected chi connectivity index (χ3v) is 11.3. The number of rotatable bonds is 4. The molecule has 0 saturated heterocycles. The Bertz CT molecular complexity index is 2270. The number of hydrogen-bond donors (Lipinski definition) is 0. The standard InChI is InChI=1S/C39H26NOP/c41-42(33-22-20-27-10-1-3-12-29(27)24-33,34-23-21-28-11-2-4-13-30(28)25-34)32-15-9-14-31(26-32)39-37-18-6-5-16-35(37)36-17-7-8-19-38(36)40-39/h1-26H. The predicted molar refractivity (Wildman–Crippen MR) is 179 cm³/mol. The molecule has 42 heavy (non-hydrogen) atoms. The van der Waals surface area contributed by atoms with E-state index in [0.717, 1.165) is 70.4 Å². The molecule has 0 radical (unpaired) electrons. The van der Waals surface area contributed by atoms with Crippen LogP contribution in [0.4, 0.5) is 0 Å². The van der Waals surface area contributed by atoms with Gasteiger partial charge in [-0.25, -0.2) is 4.98 Å². The van der Waals surface area contributed by atoms with Crippen molar-refractivity contribution < 1.29 is 4.57 Å². The lowest BCUT2D eigenvalue weighted by molar-refractivity contribution is 0.592. The molecule has 0 atom stereocenters. The summed E-state index contributed by atoms with van der Waals surface area (Å²) in [6, 6.07) is 53.8. The zero-order valence-corrected chi connectivity index (χ0v) is 23.7. The highest BCUT2D eigenvalue weighted by Gasteiger charge is 2.31. The monoisotopic (exact) mass is 555 g/mol. The molecule has 0 aliphatic carbocycles. The SMILES string of the molecule is O=P(c1cccc(-c2nc3ccccc3c3ccccc23)c1)(c1ccc2ccccc2c1)c1ccc2ccccc2c1. The molecule has 2 nitrogen and oxygen atoms in total. The molecule has 0 saturated carbocycles. The number of para-hydroxylation sites is 1. The molecule has 3 heteroatoms. The van der Waals surface area contributed by atoms with Crippen LogP contribution in [0.1, 0.15) is 0 Å². The molecule has 0 aliphatic rings. The number of benzene rings is 7. The Balaban J connectivity index is 1.39. The van der Waals surface area contributed by atoms with Crippen LogP contribution in [0.5, 0.6) is 0 Å². The summed E-state index contributed by atoms with van der Waals surface area (Å²) in [7, 11) is -3.27. The lowest BCUT2D eigenvalue weighted by Crippen LogP contribution is -2.25. The van der Waals surface area contributed by atoms with Crippen molar-refractivity contribution in [3.8, 4) is 11.3 Å². The zero-order chi connectivity index (χ0) is 28.1. The summed E-state index contributed by atoms with van der Waals surface area (Å²) in [5.74, 6) is 0. The Hall–Kier alpha value is -5.04. The lowest BCUT2D eigenvalue weighted by Gasteiger charge is -2.22. The molecule has 1 aromatic heterocycles. The summed E-state index contributed by atoms with van der Waals surface area (Å²) < 4.78 is 15.7. The fourth-order valence-electron chi connectivity index (χ4n) is 6.17. The van der Waals surface area contributed by atoms with Crippen LogP contribution in [0.2, 0.25) is 0 Å². The minimum Gasteiger partial charge on any atom is -0.309 e. The summed E-state index contributed by atoms with van der Waals surface area (Å²) in [4.78, 5) is 5.13. The van der Waals surface area contributed by atoms with E-state index in [4.69, 9.17) is 4.98 Å². The van der Waals surface area contributed by atoms with Gasteiger partial charge >= 0.3 is 0 Å². The van der Waals surface area contributed by atoms with Crippen molar-refractivity contribution in [1.29, 1.82) is 0 Å². The molecular formula is C39H26NOP. The van der Waals surface area contributed by atoms with Crippen molar-refractivity contribution in [3.63, 3.8) is 0 Å². The number of pyridine rings is 1. The van der Waals surface area contributed by atoms with E-state index in [1.165, 1.54) is 0 Å². The van der Waals surface area contributed by atoms with Gasteiger partial charge in [-0.1, -0.05) is 133 Å². The van der Waals surface area contributed by atoms with E-state index in [1.807, 2.05) is 54.6 Å². The minimum atomic E-state index is -3.27. The van der Waals surface area contributed by atoms with Crippen molar-refractivity contribution >= 4 is 66.3 Å². The third-order valence-electron chi connectivity index (χ3n) is 8.29. The van der Waals surface area contributed by atoms with Crippen LogP contribution in [0.25, 0.3) is 54.5 Å². The normalized spacial score (nSPS) is 11.9. The zero-order valence-electron chi connectivity index (χ0n) is 22.8. The van der Waals surface area contributed by atoms with Crippen molar-refractivity contribution in [1.82, 2.24) is 4.98 Å². The minimum absolute atomic E-state index is 0.796. The molecule has 198 valence electrons. The van der Waals surface area contributed by atoms with Crippen LogP contribution in [-0.4, -0.2) is 4.98 Å². The largest absolute Gasteiger partial charge is 0.309 e. The summed E-state index contributed by atoms with van der Waals surface area (Å²) in [6.07, 6.45) is 0. The summed E-state index contributed by atoms with van der Waals surface area (Å²) in [5.41, 5.74) is 2.80. The second-order valence-corrected chi connectivity index (χ2v) is 13.5. The maximum absolute atomic E-state index is 15.7. The van der Waals surface area contributed by atoms with Crippen LogP contribution >= 0.6 is 7.14 Å². The number of fused-ring (bicyclic) bond motifs is 5. The van der Waals surface area contributed by atoms with Gasteiger partial charge in [0, 0.05) is 32.2 Å². The smallest absolute Gasteiger partial charge is 0.171 e. The topological polar surface area (TPSA) is 30.0 Å². The fourth-order valence-corrected chi connectivity index (χ4v) is 8.89. The van der Waals surface area contributed by atoms with Crippen LogP contribution in [0.3, 0.4) is 0 Å². The van der Waals surface area contributed by atoms with E-state index in [9.17, 15) is 0 Å². The molecular weight excluding hydrogens is 529 g/mol. The Morgan fingerprint density at radius 2 is 0.929 bits per heavy atom. The molecule has 0 bridgehead atoms. The average molecular weight is 556 g/mol. The Morgan fingerprint density at radius 1 is 0.405 bits per heavy atom. The fraction of sp³-hybridized carbons (Fsp3) is 0. The molecule has 1 heterocycles. The van der Waals surface area contributed by atoms with E-state index >= 15 is 4.57 Å². The van der Waals surface area contributed by atoms with Gasteiger partial charge in [0.2, 0.25) is 0 Å². The Morgan fingerprint density at radius 3 is 1.60 bits per heavy atom. The highest BCUT2D eigenvalue weighted by molar-refractivity contribution is 7.85. The van der Waals surface area contributed by atoms with E-state index < -0.39 is 7.14 Å². The maximum Gasteiger partial charge on any atom is 0.171 e. The second kappa shape index (κ2) is 9.80. The first kappa shape index (κ1) is 24.7. The summed E-state index contributed by atoms with van der Waals surface area (Å²) in [6.45, 7) is 0. The molecule has 7 aromatic carbocycles. The van der Waals surface area contributed by atoms with E-state index in [2.05, 4.69) is 103 Å². The molecule has 0 amide bonds. The highest BCUT2D eigenvalue weighted by atomic mass is 31.2. The first-order valence-corrected chi connectivity index (χ1v) is 15.9. The van der Waals surface area contributed by atoms with Gasteiger partial charge in [0.15, 0.2) is 7.14 Å². The second-order valence-electron chi connectivity index (χ2n) is 10.7. The quantitative estimate of drug-likeness (QED) is 0.160. The molecule has 8 rings (SSSR count). The van der Waals surface area contributed by atoms with Crippen LogP contribution < -0.4 is 15.9 Å². The molecule has 0 spiro atoms. The van der Waals surface area contributed by atoms with Gasteiger partial charge in [-0.3, -0.25) is 0 Å². The average Bonchev–Trinajstić information content (AvgIpc) is 3.07. The molecule has 8 aromatic rings. The van der Waals surface area contributed by atoms with Gasteiger partial charge in [0.25, 0.3) is 0 Å². The number of aromatic nitrogens is 1. The van der Waals surface area contributed by atoms with Crippen LogP contribution in [0.15, 0.2) is 158 Å². The molecule has 0 fully saturated rings. The molecule has 0 N–H and O–H groups in total. The third kappa shape index (κ3) is 3.96. The van der Waals surface area contributed by atoms with Gasteiger partial charge in [-0.05, 0) is 51.2 Å². The first-order valence-electron chi connectivity index (χ1n) is 14.2. The van der Waals surface area contributed by atoms with Gasteiger partial charge in [0.05, 0.1) is 11.2 Å². The van der Waals surface area contributed by atoms with Crippen LogP contribution in [-0.2, 0) is 4.57 Å². The highest BCUT2D eigenvalue weighted by Crippen LogP contribution is 2.44. The molecule has 0 aliphatic heterocycles. The van der Waals surface area contributed by atoms with Crippen molar-refractivity contribution in [2.75, 3.05) is 0 Å². The Labute approximate surface area is 244 Å². The lowest BCUT2D eigenvalue weighted by atomic mass is 10.0. The Kier molecular flexibility index (Phi) is 5.77. The van der Waals surface area contributed by atoms with Crippen molar-refractivity contribution in [2.45, 2.75) is 0 Å². The summed E-state index contributed by atoms with van der Waals surface area (Å²) >= 11 is 0. The molecule has 0 unspecified atom stereocenters. The van der Waals surface area contributed by atoms with Crippen molar-refractivity contribution in [2.24, 2.45) is 0 Å².